The van der Waals surface area contributed by atoms with Gasteiger partial charge in [-0.3, -0.25) is 9.59 Å². The van der Waals surface area contributed by atoms with Crippen LogP contribution in [0, 0.1) is 5.92 Å². The number of carbonyl (C=O) groups excluding carboxylic acids is 2. The number of unbranched alkanes of at least 4 members (excludes halogenated alkanes) is 3. The molecule has 0 aliphatic heterocycles. The molecular weight excluding hydrogens is 255 g/mol. The zero-order valence-electron chi connectivity index (χ0n) is 11.9. The molecule has 0 heterocycles. The summed E-state index contributed by atoms with van der Waals surface area (Å²) in [5.41, 5.74) is 0. The number of ether oxygens (including phenoxy) is 2. The van der Waals surface area contributed by atoms with E-state index in [0.29, 0.717) is 19.6 Å². The van der Waals surface area contributed by atoms with Crippen molar-refractivity contribution in [2.45, 2.75) is 59.3 Å². The van der Waals surface area contributed by atoms with Gasteiger partial charge in [0.2, 0.25) is 0 Å². The molecule has 0 aromatic carbocycles. The Bertz CT molecular complexity index is 244. The second-order valence-electron chi connectivity index (χ2n) is 4.31. The van der Waals surface area contributed by atoms with Crippen molar-refractivity contribution in [1.82, 2.24) is 0 Å². The molecular formula is C14H27NaO4. The van der Waals surface area contributed by atoms with Gasteiger partial charge < -0.3 is 9.47 Å². The molecule has 1 unspecified atom stereocenters. The Morgan fingerprint density at radius 2 is 1.58 bits per heavy atom. The fourth-order valence-corrected chi connectivity index (χ4v) is 1.80. The Morgan fingerprint density at radius 3 is 2.11 bits per heavy atom. The van der Waals surface area contributed by atoms with Crippen molar-refractivity contribution >= 4 is 41.5 Å². The van der Waals surface area contributed by atoms with Crippen molar-refractivity contribution in [3.05, 3.63) is 0 Å². The van der Waals surface area contributed by atoms with Gasteiger partial charge in [-0.15, -0.1) is 0 Å². The van der Waals surface area contributed by atoms with E-state index in [-0.39, 0.29) is 53.8 Å². The summed E-state index contributed by atoms with van der Waals surface area (Å²) in [4.78, 5) is 23.1. The van der Waals surface area contributed by atoms with E-state index >= 15 is 0 Å². The van der Waals surface area contributed by atoms with E-state index in [4.69, 9.17) is 9.47 Å². The fourth-order valence-electron chi connectivity index (χ4n) is 1.80. The van der Waals surface area contributed by atoms with Crippen molar-refractivity contribution in [1.29, 1.82) is 0 Å². The third kappa shape index (κ3) is 11.5. The molecule has 0 aliphatic rings. The van der Waals surface area contributed by atoms with Crippen LogP contribution < -0.4 is 0 Å². The molecule has 19 heavy (non-hydrogen) atoms. The van der Waals surface area contributed by atoms with Gasteiger partial charge in [0.05, 0.1) is 25.6 Å². The van der Waals surface area contributed by atoms with Gasteiger partial charge in [-0.1, -0.05) is 32.6 Å². The van der Waals surface area contributed by atoms with Crippen LogP contribution in [0.1, 0.15) is 59.3 Å². The SMILES string of the molecule is CCCCCCC(CC(=O)OCC)C(=O)OCC.[NaH]. The summed E-state index contributed by atoms with van der Waals surface area (Å²) >= 11 is 0. The summed E-state index contributed by atoms with van der Waals surface area (Å²) in [6.45, 7) is 6.38. The number of hydrogen-bond donors (Lipinski definition) is 0. The average Bonchev–Trinajstić information content (AvgIpc) is 2.33. The molecule has 0 bridgehead atoms. The minimum absolute atomic E-state index is 0. The van der Waals surface area contributed by atoms with Crippen molar-refractivity contribution in [2.24, 2.45) is 5.92 Å². The first kappa shape index (κ1) is 21.2. The number of hydrogen-bond acceptors (Lipinski definition) is 4. The monoisotopic (exact) mass is 282 g/mol. The molecule has 1 atom stereocenters. The Balaban J connectivity index is 0. The van der Waals surface area contributed by atoms with E-state index in [1.165, 1.54) is 0 Å². The Kier molecular flexibility index (Phi) is 16.0. The van der Waals surface area contributed by atoms with E-state index in [9.17, 15) is 9.59 Å². The van der Waals surface area contributed by atoms with Crippen LogP contribution in [0.3, 0.4) is 0 Å². The first-order valence-electron chi connectivity index (χ1n) is 6.97. The molecule has 0 aliphatic carbocycles. The van der Waals surface area contributed by atoms with Gasteiger partial charge in [-0.05, 0) is 20.3 Å². The van der Waals surface area contributed by atoms with Gasteiger partial charge in [0, 0.05) is 0 Å². The van der Waals surface area contributed by atoms with Gasteiger partial charge in [0.15, 0.2) is 0 Å². The predicted molar refractivity (Wildman–Crippen MR) is 77.3 cm³/mol. The molecule has 0 saturated carbocycles. The van der Waals surface area contributed by atoms with Crippen LogP contribution in [0.25, 0.3) is 0 Å². The van der Waals surface area contributed by atoms with Crippen molar-refractivity contribution in [3.8, 4) is 0 Å². The van der Waals surface area contributed by atoms with E-state index in [0.717, 1.165) is 25.7 Å². The summed E-state index contributed by atoms with van der Waals surface area (Å²) in [7, 11) is 0. The van der Waals surface area contributed by atoms with Crippen LogP contribution in [0.4, 0.5) is 0 Å². The van der Waals surface area contributed by atoms with Crippen LogP contribution >= 0.6 is 0 Å². The van der Waals surface area contributed by atoms with Gasteiger partial charge in [0.25, 0.3) is 0 Å². The first-order chi connectivity index (χ1) is 8.65. The third-order valence-corrected chi connectivity index (χ3v) is 2.74. The summed E-state index contributed by atoms with van der Waals surface area (Å²) in [6, 6.07) is 0. The summed E-state index contributed by atoms with van der Waals surface area (Å²) < 4.78 is 9.87. The standard InChI is InChI=1S/C14H26O4.Na.H/c1-4-7-8-9-10-12(14(16)18-6-3)11-13(15)17-5-2;;/h12H,4-11H2,1-3H3;;. The maximum absolute atomic E-state index is 11.7. The van der Waals surface area contributed by atoms with E-state index < -0.39 is 0 Å². The van der Waals surface area contributed by atoms with Crippen LogP contribution in [0.15, 0.2) is 0 Å². The topological polar surface area (TPSA) is 52.6 Å². The summed E-state index contributed by atoms with van der Waals surface area (Å²) in [5, 5.41) is 0. The molecule has 0 aromatic rings. The second kappa shape index (κ2) is 14.4. The van der Waals surface area contributed by atoms with Gasteiger partial charge >= 0.3 is 41.5 Å². The molecule has 0 spiro atoms. The molecule has 0 rings (SSSR count). The molecule has 0 aromatic heterocycles. The first-order valence-corrected chi connectivity index (χ1v) is 6.97. The molecule has 0 saturated heterocycles. The third-order valence-electron chi connectivity index (χ3n) is 2.74. The van der Waals surface area contributed by atoms with E-state index in [2.05, 4.69) is 6.92 Å². The molecule has 108 valence electrons. The average molecular weight is 282 g/mol. The predicted octanol–water partition coefficient (Wildman–Crippen LogP) is 2.44. The minimum atomic E-state index is -0.346. The zero-order chi connectivity index (χ0) is 13.8. The number of rotatable bonds is 10. The molecule has 5 heteroatoms. The maximum atomic E-state index is 11.7. The van der Waals surface area contributed by atoms with E-state index in [1.54, 1.807) is 13.8 Å². The van der Waals surface area contributed by atoms with Crippen LogP contribution in [-0.2, 0) is 19.1 Å². The van der Waals surface area contributed by atoms with Gasteiger partial charge in [-0.25, -0.2) is 0 Å². The van der Waals surface area contributed by atoms with Crippen LogP contribution in [0.2, 0.25) is 0 Å². The summed E-state index contributed by atoms with van der Waals surface area (Å²) in [6.07, 6.45) is 5.21. The van der Waals surface area contributed by atoms with E-state index in [1.807, 2.05) is 0 Å². The normalized spacial score (nSPS) is 11.3. The molecule has 0 N–H and O–H groups in total. The Labute approximate surface area is 138 Å². The molecule has 0 radical (unpaired) electrons. The van der Waals surface area contributed by atoms with Gasteiger partial charge in [0.1, 0.15) is 0 Å². The Morgan fingerprint density at radius 1 is 0.947 bits per heavy atom. The zero-order valence-corrected chi connectivity index (χ0v) is 11.9. The van der Waals surface area contributed by atoms with Crippen LogP contribution in [-0.4, -0.2) is 54.7 Å². The summed E-state index contributed by atoms with van der Waals surface area (Å²) in [5.74, 6) is -0.936. The molecule has 0 amide bonds. The number of esters is 2. The van der Waals surface area contributed by atoms with Crippen molar-refractivity contribution < 1.29 is 19.1 Å². The quantitative estimate of drug-likeness (QED) is 0.351. The van der Waals surface area contributed by atoms with Crippen molar-refractivity contribution in [2.75, 3.05) is 13.2 Å². The second-order valence-corrected chi connectivity index (χ2v) is 4.31. The Hall–Kier alpha value is -0.0600. The molecule has 0 fully saturated rings. The molecule has 4 nitrogen and oxygen atoms in total. The van der Waals surface area contributed by atoms with Crippen LogP contribution in [0.5, 0.6) is 0 Å². The number of carbonyl (C=O) groups is 2. The fraction of sp³-hybridized carbons (Fsp3) is 0.857. The van der Waals surface area contributed by atoms with Gasteiger partial charge in [-0.2, -0.15) is 0 Å². The van der Waals surface area contributed by atoms with Crippen molar-refractivity contribution in [3.63, 3.8) is 0 Å².